The molecule has 0 aromatic heterocycles. The molecule has 0 saturated carbocycles. The van der Waals surface area contributed by atoms with Gasteiger partial charge >= 0.3 is 12.1 Å². The summed E-state index contributed by atoms with van der Waals surface area (Å²) in [7, 11) is 2.48. The number of alkyl halides is 5. The Morgan fingerprint density at radius 1 is 0.950 bits per heavy atom. The van der Waals surface area contributed by atoms with Gasteiger partial charge in [-0.2, -0.15) is 22.0 Å². The third-order valence-corrected chi connectivity index (χ3v) is 2.50. The monoisotopic (exact) mass is 321 g/mol. The Morgan fingerprint density at radius 2 is 1.35 bits per heavy atom. The van der Waals surface area contributed by atoms with Crippen LogP contribution in [0.15, 0.2) is 18.2 Å². The summed E-state index contributed by atoms with van der Waals surface area (Å²) in [5, 5.41) is 0. The summed E-state index contributed by atoms with van der Waals surface area (Å²) in [5.41, 5.74) is 4.59. The molecule has 0 amide bonds. The first kappa shape index (κ1) is 18.7. The van der Waals surface area contributed by atoms with Gasteiger partial charge in [-0.1, -0.05) is 0 Å². The molecule has 9 heteroatoms. The van der Waals surface area contributed by atoms with E-state index >= 15 is 0 Å². The lowest BCUT2D eigenvalue weighted by Crippen LogP contribution is -2.45. The van der Waals surface area contributed by atoms with Crippen LogP contribution in [0.3, 0.4) is 0 Å². The molecule has 2 N–H and O–H groups in total. The second-order valence-electron chi connectivity index (χ2n) is 3.74. The van der Waals surface area contributed by atoms with Gasteiger partial charge in [-0.05, 0) is 17.7 Å². The molecule has 0 bridgehead atoms. The van der Waals surface area contributed by atoms with Gasteiger partial charge in [0.25, 0.3) is 0 Å². The maximum absolute atomic E-state index is 13.1. The molecule has 0 heterocycles. The van der Waals surface area contributed by atoms with Gasteiger partial charge < -0.3 is 15.2 Å². The van der Waals surface area contributed by atoms with Crippen molar-refractivity contribution in [2.75, 3.05) is 14.2 Å². The first-order valence-corrected chi connectivity index (χ1v) is 5.06. The van der Waals surface area contributed by atoms with E-state index in [0.29, 0.717) is 0 Å². The van der Waals surface area contributed by atoms with Crippen molar-refractivity contribution in [3.63, 3.8) is 0 Å². The second-order valence-corrected chi connectivity index (χ2v) is 3.74. The van der Waals surface area contributed by atoms with Gasteiger partial charge in [-0.3, -0.25) is 0 Å². The van der Waals surface area contributed by atoms with E-state index in [1.165, 1.54) is 20.3 Å². The van der Waals surface area contributed by atoms with E-state index in [4.69, 9.17) is 15.2 Å². The predicted molar refractivity (Wildman–Crippen MR) is 64.7 cm³/mol. The molecule has 1 aromatic carbocycles. The summed E-state index contributed by atoms with van der Waals surface area (Å²) in [5.74, 6) is -4.91. The summed E-state index contributed by atoms with van der Waals surface area (Å²) in [6.07, 6.45) is -5.73. The van der Waals surface area contributed by atoms with Gasteiger partial charge in [0.05, 0.1) is 14.2 Å². The maximum atomic E-state index is 13.1. The topological polar surface area (TPSA) is 44.5 Å². The van der Waals surface area contributed by atoms with Crippen LogP contribution in [-0.4, -0.2) is 26.3 Å². The predicted octanol–water partition coefficient (Wildman–Crippen LogP) is 3.32. The van der Waals surface area contributed by atoms with E-state index in [1.807, 2.05) is 0 Å². The van der Waals surface area contributed by atoms with E-state index in [0.717, 1.165) is 12.1 Å². The summed E-state index contributed by atoms with van der Waals surface area (Å²) in [6, 6.07) is 0.804. The molecule has 3 nitrogen and oxygen atoms in total. The van der Waals surface area contributed by atoms with Gasteiger partial charge in [-0.25, -0.2) is 0 Å². The van der Waals surface area contributed by atoms with Crippen molar-refractivity contribution in [3.05, 3.63) is 23.8 Å². The fraction of sp³-hybridized carbons (Fsp3) is 0.455. The average molecular weight is 322 g/mol. The molecule has 0 saturated heterocycles. The highest BCUT2D eigenvalue weighted by Gasteiger charge is 2.61. The summed E-state index contributed by atoms with van der Waals surface area (Å²) in [4.78, 5) is 0. The molecule has 1 aromatic rings. The van der Waals surface area contributed by atoms with Gasteiger partial charge in [0.2, 0.25) is 0 Å². The number of rotatable bonds is 4. The number of methoxy groups -OCH3 is 2. The maximum Gasteiger partial charge on any atom is 0.455 e. The average Bonchev–Trinajstić information content (AvgIpc) is 2.35. The largest absolute Gasteiger partial charge is 0.497 e. The van der Waals surface area contributed by atoms with E-state index in [2.05, 4.69) is 0 Å². The molecule has 116 valence electrons. The summed E-state index contributed by atoms with van der Waals surface area (Å²) < 4.78 is 72.6. The van der Waals surface area contributed by atoms with Crippen molar-refractivity contribution >= 4 is 12.4 Å². The first-order chi connectivity index (χ1) is 8.63. The Kier molecular flexibility index (Phi) is 6.03. The summed E-state index contributed by atoms with van der Waals surface area (Å²) in [6.45, 7) is 0. The third-order valence-electron chi connectivity index (χ3n) is 2.50. The highest BCUT2D eigenvalue weighted by molar-refractivity contribution is 5.85. The second kappa shape index (κ2) is 6.45. The molecule has 0 aliphatic carbocycles. The molecule has 20 heavy (non-hydrogen) atoms. The van der Waals surface area contributed by atoms with Crippen LogP contribution in [-0.2, 0) is 0 Å². The van der Waals surface area contributed by atoms with Gasteiger partial charge in [0, 0.05) is 6.07 Å². The van der Waals surface area contributed by atoms with E-state index in [-0.39, 0.29) is 23.9 Å². The van der Waals surface area contributed by atoms with Crippen LogP contribution in [0.25, 0.3) is 0 Å². The molecule has 1 atom stereocenters. The number of hydrogen-bond acceptors (Lipinski definition) is 3. The van der Waals surface area contributed by atoms with Crippen molar-refractivity contribution in [1.29, 1.82) is 0 Å². The minimum absolute atomic E-state index is 0. The Hall–Kier alpha value is -1.28. The number of hydrogen-bond donors (Lipinski definition) is 1. The Labute approximate surface area is 118 Å². The van der Waals surface area contributed by atoms with Crippen molar-refractivity contribution in [3.8, 4) is 11.5 Å². The van der Waals surface area contributed by atoms with Crippen LogP contribution in [0, 0.1) is 0 Å². The lowest BCUT2D eigenvalue weighted by atomic mass is 10.0. The molecular weight excluding hydrogens is 309 g/mol. The summed E-state index contributed by atoms with van der Waals surface area (Å²) >= 11 is 0. The lowest BCUT2D eigenvalue weighted by Gasteiger charge is -2.26. The Balaban J connectivity index is 0.00000361. The number of halogens is 6. The minimum atomic E-state index is -5.73. The fourth-order valence-corrected chi connectivity index (χ4v) is 1.39. The van der Waals surface area contributed by atoms with Crippen LogP contribution in [0.5, 0.6) is 11.5 Å². The van der Waals surface area contributed by atoms with Gasteiger partial charge in [0.15, 0.2) is 0 Å². The zero-order valence-electron chi connectivity index (χ0n) is 10.5. The lowest BCUT2D eigenvalue weighted by molar-refractivity contribution is -0.291. The highest BCUT2D eigenvalue weighted by Crippen LogP contribution is 2.44. The zero-order chi connectivity index (χ0) is 14.8. The fourth-order valence-electron chi connectivity index (χ4n) is 1.39. The quantitative estimate of drug-likeness (QED) is 0.865. The molecule has 1 rings (SSSR count). The van der Waals surface area contributed by atoms with E-state index in [9.17, 15) is 22.0 Å². The minimum Gasteiger partial charge on any atom is -0.497 e. The van der Waals surface area contributed by atoms with Crippen LogP contribution < -0.4 is 15.2 Å². The highest BCUT2D eigenvalue weighted by atomic mass is 35.5. The van der Waals surface area contributed by atoms with Crippen LogP contribution >= 0.6 is 12.4 Å². The molecule has 0 unspecified atom stereocenters. The molecule has 0 spiro atoms. The molecule has 0 aliphatic heterocycles. The molecule has 0 fully saturated rings. The number of benzene rings is 1. The van der Waals surface area contributed by atoms with Crippen LogP contribution in [0.2, 0.25) is 0 Å². The number of ether oxygens (including phenoxy) is 2. The first-order valence-electron chi connectivity index (χ1n) is 5.06. The van der Waals surface area contributed by atoms with Gasteiger partial charge in [-0.15, -0.1) is 12.4 Å². The van der Waals surface area contributed by atoms with E-state index < -0.39 is 23.7 Å². The molecule has 0 radical (unpaired) electrons. The standard InChI is InChI=1S/C11H12F5NO2.ClH/c1-18-7-3-6(4-8(5-7)19-2)9(17)10(12,13)11(14,15)16;/h3-5,9H,17H2,1-2H3;1H/t9-;/m1./s1. The van der Waals surface area contributed by atoms with Crippen LogP contribution in [0.4, 0.5) is 22.0 Å². The van der Waals surface area contributed by atoms with Crippen molar-refractivity contribution in [1.82, 2.24) is 0 Å². The van der Waals surface area contributed by atoms with E-state index in [1.54, 1.807) is 0 Å². The van der Waals surface area contributed by atoms with Crippen molar-refractivity contribution in [2.45, 2.75) is 18.1 Å². The third kappa shape index (κ3) is 3.63. The van der Waals surface area contributed by atoms with Gasteiger partial charge in [0.1, 0.15) is 17.5 Å². The smallest absolute Gasteiger partial charge is 0.455 e. The van der Waals surface area contributed by atoms with Crippen molar-refractivity contribution in [2.24, 2.45) is 5.73 Å². The number of nitrogens with two attached hydrogens (primary N) is 1. The zero-order valence-corrected chi connectivity index (χ0v) is 11.3. The van der Waals surface area contributed by atoms with Crippen LogP contribution in [0.1, 0.15) is 11.6 Å². The SMILES string of the molecule is COc1cc(OC)cc([C@@H](N)C(F)(F)C(F)(F)F)c1.Cl. The normalized spacial score (nSPS) is 13.4. The Morgan fingerprint density at radius 3 is 1.65 bits per heavy atom. The Bertz CT molecular complexity index is 431. The molecular formula is C11H13ClF5NO2. The molecule has 0 aliphatic rings. The van der Waals surface area contributed by atoms with Crippen molar-refractivity contribution < 1.29 is 31.4 Å².